The van der Waals surface area contributed by atoms with Gasteiger partial charge in [-0.1, -0.05) is 0 Å². The number of nitrogens with zero attached hydrogens (tertiary/aromatic N) is 1. The van der Waals surface area contributed by atoms with E-state index in [1.54, 1.807) is 18.3 Å². The molecule has 1 fully saturated rings. The van der Waals surface area contributed by atoms with Crippen molar-refractivity contribution in [2.75, 3.05) is 0 Å². The van der Waals surface area contributed by atoms with Crippen molar-refractivity contribution in [2.24, 2.45) is 0 Å². The lowest BCUT2D eigenvalue weighted by Crippen LogP contribution is -2.19. The minimum atomic E-state index is -0.738. The number of alkyl halides is 1. The largest absolute Gasteiger partial charge is 0.297 e. The molecule has 15 heavy (non-hydrogen) atoms. The predicted molar refractivity (Wildman–Crippen MR) is 56.0 cm³/mol. The summed E-state index contributed by atoms with van der Waals surface area (Å²) in [5.74, 6) is -0.377. The van der Waals surface area contributed by atoms with Gasteiger partial charge in [-0.3, -0.25) is 14.6 Å². The summed E-state index contributed by atoms with van der Waals surface area (Å²) in [6.45, 7) is 0. The molecule has 0 saturated heterocycles. The summed E-state index contributed by atoms with van der Waals surface area (Å²) in [7, 11) is 0. The zero-order chi connectivity index (χ0) is 10.9. The fourth-order valence-electron chi connectivity index (χ4n) is 1.32. The van der Waals surface area contributed by atoms with E-state index in [9.17, 15) is 9.59 Å². The fraction of sp³-hybridized carbons (Fsp3) is 0.364. The van der Waals surface area contributed by atoms with Gasteiger partial charge in [0.25, 0.3) is 0 Å². The van der Waals surface area contributed by atoms with E-state index in [2.05, 4.69) is 4.98 Å². The highest BCUT2D eigenvalue weighted by Gasteiger charge is 2.47. The van der Waals surface area contributed by atoms with Crippen LogP contribution in [0.4, 0.5) is 0 Å². The molecule has 3 nitrogen and oxygen atoms in total. The van der Waals surface area contributed by atoms with Crippen molar-refractivity contribution in [1.82, 2.24) is 4.98 Å². The number of ketones is 2. The molecule has 1 aliphatic rings. The Morgan fingerprint density at radius 1 is 1.47 bits per heavy atom. The van der Waals surface area contributed by atoms with Crippen LogP contribution in [0.2, 0.25) is 0 Å². The van der Waals surface area contributed by atoms with E-state index in [4.69, 9.17) is 11.6 Å². The normalized spacial score (nSPS) is 17.1. The van der Waals surface area contributed by atoms with Crippen LogP contribution >= 0.6 is 11.6 Å². The summed E-state index contributed by atoms with van der Waals surface area (Å²) in [5.41, 5.74) is 0.465. The summed E-state index contributed by atoms with van der Waals surface area (Å²) in [4.78, 5) is 26.2. The summed E-state index contributed by atoms with van der Waals surface area (Å²) in [6, 6.07) is 3.32. The SMILES string of the molecule is O=C(CC(=O)C1(Cl)CC1)c1cccnc1. The van der Waals surface area contributed by atoms with E-state index in [0.717, 1.165) is 0 Å². The maximum atomic E-state index is 11.6. The summed E-state index contributed by atoms with van der Waals surface area (Å²) < 4.78 is 0. The van der Waals surface area contributed by atoms with Crippen LogP contribution in [0.15, 0.2) is 24.5 Å². The van der Waals surface area contributed by atoms with Gasteiger partial charge in [0.2, 0.25) is 0 Å². The van der Waals surface area contributed by atoms with Crippen LogP contribution in [-0.4, -0.2) is 21.4 Å². The highest BCUT2D eigenvalue weighted by molar-refractivity contribution is 6.39. The first-order valence-electron chi connectivity index (χ1n) is 4.77. The van der Waals surface area contributed by atoms with Crippen LogP contribution in [-0.2, 0) is 4.79 Å². The maximum Gasteiger partial charge on any atom is 0.171 e. The van der Waals surface area contributed by atoms with Crippen LogP contribution in [0.1, 0.15) is 29.6 Å². The fourth-order valence-corrected chi connectivity index (χ4v) is 1.48. The van der Waals surface area contributed by atoms with Crippen molar-refractivity contribution in [3.05, 3.63) is 30.1 Å². The molecule has 1 saturated carbocycles. The number of halogens is 1. The number of carbonyl (C=O) groups excluding carboxylic acids is 2. The molecule has 0 spiro atoms. The highest BCUT2D eigenvalue weighted by Crippen LogP contribution is 2.44. The van der Waals surface area contributed by atoms with Crippen molar-refractivity contribution in [1.29, 1.82) is 0 Å². The second kappa shape index (κ2) is 3.74. The van der Waals surface area contributed by atoms with E-state index >= 15 is 0 Å². The van der Waals surface area contributed by atoms with Crippen molar-refractivity contribution in [3.8, 4) is 0 Å². The first kappa shape index (κ1) is 10.3. The topological polar surface area (TPSA) is 47.0 Å². The van der Waals surface area contributed by atoms with Crippen LogP contribution in [0, 0.1) is 0 Å². The number of rotatable bonds is 4. The lowest BCUT2D eigenvalue weighted by molar-refractivity contribution is -0.118. The summed E-state index contributed by atoms with van der Waals surface area (Å²) in [6.07, 6.45) is 4.31. The molecule has 0 aliphatic heterocycles. The minimum Gasteiger partial charge on any atom is -0.297 e. The zero-order valence-corrected chi connectivity index (χ0v) is 8.83. The average Bonchev–Trinajstić information content (AvgIpc) is 2.99. The van der Waals surface area contributed by atoms with E-state index in [1.807, 2.05) is 0 Å². The number of carbonyl (C=O) groups is 2. The number of hydrogen-bond donors (Lipinski definition) is 0. The van der Waals surface area contributed by atoms with Gasteiger partial charge in [0.15, 0.2) is 11.6 Å². The van der Waals surface area contributed by atoms with Gasteiger partial charge in [-0.05, 0) is 25.0 Å². The number of hydrogen-bond acceptors (Lipinski definition) is 3. The standard InChI is InChI=1S/C11H10ClNO2/c12-11(3-4-11)10(15)6-9(14)8-2-1-5-13-7-8/h1-2,5,7H,3-4,6H2. The molecule has 0 aromatic carbocycles. The van der Waals surface area contributed by atoms with Crippen LogP contribution in [0.5, 0.6) is 0 Å². The van der Waals surface area contributed by atoms with E-state index < -0.39 is 4.87 Å². The van der Waals surface area contributed by atoms with Gasteiger partial charge < -0.3 is 0 Å². The minimum absolute atomic E-state index is 0.116. The summed E-state index contributed by atoms with van der Waals surface area (Å²) >= 11 is 5.91. The molecule has 78 valence electrons. The molecule has 1 heterocycles. The Balaban J connectivity index is 2.02. The monoisotopic (exact) mass is 223 g/mol. The predicted octanol–water partition coefficient (Wildman–Crippen LogP) is 1.99. The molecule has 1 aliphatic carbocycles. The van der Waals surface area contributed by atoms with Crippen LogP contribution in [0.3, 0.4) is 0 Å². The molecular formula is C11H10ClNO2. The third-order valence-corrected chi connectivity index (χ3v) is 3.08. The molecule has 0 N–H and O–H groups in total. The Bertz CT molecular complexity index is 398. The third kappa shape index (κ3) is 2.23. The van der Waals surface area contributed by atoms with Crippen molar-refractivity contribution >= 4 is 23.2 Å². The van der Waals surface area contributed by atoms with Gasteiger partial charge in [-0.2, -0.15) is 0 Å². The third-order valence-electron chi connectivity index (χ3n) is 2.49. The number of aromatic nitrogens is 1. The smallest absolute Gasteiger partial charge is 0.171 e. The molecule has 0 atom stereocenters. The molecule has 4 heteroatoms. The molecule has 0 unspecified atom stereocenters. The summed E-state index contributed by atoms with van der Waals surface area (Å²) in [5, 5.41) is 0. The van der Waals surface area contributed by atoms with E-state index in [0.29, 0.717) is 18.4 Å². The van der Waals surface area contributed by atoms with Gasteiger partial charge in [0, 0.05) is 18.0 Å². The van der Waals surface area contributed by atoms with Crippen molar-refractivity contribution in [3.63, 3.8) is 0 Å². The van der Waals surface area contributed by atoms with Gasteiger partial charge >= 0.3 is 0 Å². The molecule has 1 aromatic rings. The first-order chi connectivity index (χ1) is 7.12. The quantitative estimate of drug-likeness (QED) is 0.446. The molecule has 0 bridgehead atoms. The number of pyridine rings is 1. The Hall–Kier alpha value is -1.22. The molecule has 0 amide bonds. The molecular weight excluding hydrogens is 214 g/mol. The van der Waals surface area contributed by atoms with Crippen LogP contribution < -0.4 is 0 Å². The van der Waals surface area contributed by atoms with Crippen LogP contribution in [0.25, 0.3) is 0 Å². The molecule has 1 aromatic heterocycles. The Morgan fingerprint density at radius 2 is 2.20 bits per heavy atom. The Kier molecular flexibility index (Phi) is 2.57. The molecule has 2 rings (SSSR count). The van der Waals surface area contributed by atoms with Gasteiger partial charge in [-0.15, -0.1) is 11.6 Å². The molecule has 0 radical (unpaired) electrons. The lowest BCUT2D eigenvalue weighted by atomic mass is 10.1. The van der Waals surface area contributed by atoms with Crippen molar-refractivity contribution in [2.45, 2.75) is 24.1 Å². The highest BCUT2D eigenvalue weighted by atomic mass is 35.5. The number of Topliss-reactive ketones (excluding diaryl/α,β-unsaturated/α-hetero) is 2. The lowest BCUT2D eigenvalue weighted by Gasteiger charge is -2.03. The van der Waals surface area contributed by atoms with E-state index in [-0.39, 0.29) is 18.0 Å². The van der Waals surface area contributed by atoms with Crippen molar-refractivity contribution < 1.29 is 9.59 Å². The Labute approximate surface area is 92.5 Å². The second-order valence-electron chi connectivity index (χ2n) is 3.73. The Morgan fingerprint density at radius 3 is 2.73 bits per heavy atom. The first-order valence-corrected chi connectivity index (χ1v) is 5.15. The van der Waals surface area contributed by atoms with Gasteiger partial charge in [-0.25, -0.2) is 0 Å². The average molecular weight is 224 g/mol. The zero-order valence-electron chi connectivity index (χ0n) is 8.07. The van der Waals surface area contributed by atoms with E-state index in [1.165, 1.54) is 6.20 Å². The second-order valence-corrected chi connectivity index (χ2v) is 4.45. The maximum absolute atomic E-state index is 11.6. The van der Waals surface area contributed by atoms with Gasteiger partial charge in [0.1, 0.15) is 4.87 Å². The van der Waals surface area contributed by atoms with Gasteiger partial charge in [0.05, 0.1) is 6.42 Å².